The maximum Gasteiger partial charge on any atom is 0.199 e. The van der Waals surface area contributed by atoms with E-state index in [1.54, 1.807) is 12.1 Å². The molecule has 5 rings (SSSR count). The van der Waals surface area contributed by atoms with E-state index in [2.05, 4.69) is 33.4 Å². The van der Waals surface area contributed by atoms with Gasteiger partial charge in [-0.05, 0) is 35.9 Å². The number of hydrogen-bond acceptors (Lipinski definition) is 5. The molecule has 1 aliphatic rings. The molecule has 3 aromatic carbocycles. The number of aromatic nitrogens is 1. The molecule has 0 spiro atoms. The largest absolute Gasteiger partial charge is 0.494 e. The van der Waals surface area contributed by atoms with Gasteiger partial charge in [0.25, 0.3) is 0 Å². The third kappa shape index (κ3) is 4.51. The van der Waals surface area contributed by atoms with Gasteiger partial charge in [0, 0.05) is 49.2 Å². The van der Waals surface area contributed by atoms with Crippen LogP contribution < -0.4 is 5.32 Å². The molecule has 0 radical (unpaired) electrons. The van der Waals surface area contributed by atoms with Crippen molar-refractivity contribution in [3.63, 3.8) is 0 Å². The molecule has 6 heteroatoms. The molecule has 0 amide bonds. The van der Waals surface area contributed by atoms with Crippen LogP contribution in [0.15, 0.2) is 77.8 Å². The number of benzene rings is 3. The number of hydrogen-bond donors (Lipinski definition) is 3. The highest BCUT2D eigenvalue weighted by Crippen LogP contribution is 2.32. The van der Waals surface area contributed by atoms with Crippen LogP contribution in [-0.4, -0.2) is 46.9 Å². The lowest BCUT2D eigenvalue weighted by Crippen LogP contribution is -2.42. The van der Waals surface area contributed by atoms with Gasteiger partial charge in [-0.3, -0.25) is 4.90 Å². The lowest BCUT2D eigenvalue weighted by atomic mass is 10.00. The van der Waals surface area contributed by atoms with E-state index in [1.807, 2.05) is 48.5 Å². The topological polar surface area (TPSA) is 87.4 Å². The number of aliphatic imine (C=N–C) groups is 1. The molecular formula is C27H25N5O. The predicted molar refractivity (Wildman–Crippen MR) is 131 cm³/mol. The van der Waals surface area contributed by atoms with E-state index in [1.165, 1.54) is 5.56 Å². The summed E-state index contributed by atoms with van der Waals surface area (Å²) >= 11 is 0. The van der Waals surface area contributed by atoms with Crippen LogP contribution >= 0.6 is 0 Å². The van der Waals surface area contributed by atoms with Gasteiger partial charge in [-0.25, -0.2) is 4.99 Å². The molecule has 4 aromatic rings. The van der Waals surface area contributed by atoms with Crippen LogP contribution in [0.4, 0.5) is 5.69 Å². The fraction of sp³-hybridized carbons (Fsp3) is 0.185. The van der Waals surface area contributed by atoms with Gasteiger partial charge in [-0.15, -0.1) is 0 Å². The van der Waals surface area contributed by atoms with Crippen LogP contribution in [-0.2, 0) is 6.54 Å². The van der Waals surface area contributed by atoms with Gasteiger partial charge in [0.1, 0.15) is 0 Å². The van der Waals surface area contributed by atoms with E-state index in [4.69, 9.17) is 4.99 Å². The second-order valence-electron chi connectivity index (χ2n) is 8.24. The number of H-pyrrole nitrogens is 1. The molecule has 6 nitrogen and oxygen atoms in total. The molecule has 0 aliphatic carbocycles. The molecule has 2 heterocycles. The summed E-state index contributed by atoms with van der Waals surface area (Å²) in [7, 11) is 0. The van der Waals surface area contributed by atoms with Gasteiger partial charge in [-0.2, -0.15) is 5.26 Å². The number of nitrogens with zero attached hydrogens (tertiary/aromatic N) is 3. The summed E-state index contributed by atoms with van der Waals surface area (Å²) in [5.41, 5.74) is 5.50. The molecule has 0 saturated carbocycles. The van der Waals surface area contributed by atoms with Crippen LogP contribution in [0.2, 0.25) is 0 Å². The van der Waals surface area contributed by atoms with E-state index < -0.39 is 0 Å². The van der Waals surface area contributed by atoms with Crippen molar-refractivity contribution < 1.29 is 5.11 Å². The van der Waals surface area contributed by atoms with Gasteiger partial charge in [0.2, 0.25) is 0 Å². The molecule has 0 bridgehead atoms. The molecular weight excluding hydrogens is 410 g/mol. The van der Waals surface area contributed by atoms with Crippen LogP contribution in [0.25, 0.3) is 10.9 Å². The number of aromatic hydroxyl groups is 1. The van der Waals surface area contributed by atoms with Crippen molar-refractivity contribution in [2.24, 2.45) is 4.99 Å². The first-order valence-electron chi connectivity index (χ1n) is 11.1. The average molecular weight is 436 g/mol. The normalized spacial score (nSPS) is 14.9. The number of nitrogens with one attached hydrogen (secondary N) is 2. The number of nitriles is 1. The number of rotatable bonds is 5. The lowest BCUT2D eigenvalue weighted by Gasteiger charge is -2.27. The summed E-state index contributed by atoms with van der Waals surface area (Å²) in [4.78, 5) is 10.4. The summed E-state index contributed by atoms with van der Waals surface area (Å²) in [5.74, 6) is 0.0398. The fourth-order valence-corrected chi connectivity index (χ4v) is 4.28. The minimum absolute atomic E-state index is 0.0398. The molecule has 1 saturated heterocycles. The summed E-state index contributed by atoms with van der Waals surface area (Å²) in [5, 5.41) is 24.3. The van der Waals surface area contributed by atoms with E-state index >= 15 is 0 Å². The molecule has 3 N–H and O–H groups in total. The van der Waals surface area contributed by atoms with Crippen LogP contribution in [0.5, 0.6) is 5.88 Å². The summed E-state index contributed by atoms with van der Waals surface area (Å²) in [6.07, 6.45) is 0. The molecule has 1 aliphatic heterocycles. The molecule has 33 heavy (non-hydrogen) atoms. The Bertz CT molecular complexity index is 1330. The van der Waals surface area contributed by atoms with Crippen LogP contribution in [0, 0.1) is 11.3 Å². The second kappa shape index (κ2) is 9.29. The van der Waals surface area contributed by atoms with Crippen molar-refractivity contribution in [3.05, 3.63) is 95.1 Å². The zero-order valence-corrected chi connectivity index (χ0v) is 18.3. The highest BCUT2D eigenvalue weighted by atomic mass is 16.3. The summed E-state index contributed by atoms with van der Waals surface area (Å²) in [6.45, 7) is 5.11. The Labute approximate surface area is 192 Å². The maximum atomic E-state index is 10.8. The highest BCUT2D eigenvalue weighted by molar-refractivity contribution is 6.22. The number of fused-ring (bicyclic) bond motifs is 1. The SMILES string of the molecule is N#Cc1ccc2[nH]c(O)c(C(=Nc3ccc(CN4CCNCC4)cc3)c3ccccc3)c2c1. The lowest BCUT2D eigenvalue weighted by molar-refractivity contribution is 0.233. The number of aromatic amines is 1. The first kappa shape index (κ1) is 21.0. The Morgan fingerprint density at radius 3 is 2.48 bits per heavy atom. The molecule has 1 aromatic heterocycles. The van der Waals surface area contributed by atoms with Crippen LogP contribution in [0.1, 0.15) is 22.3 Å². The highest BCUT2D eigenvalue weighted by Gasteiger charge is 2.19. The monoisotopic (exact) mass is 435 g/mol. The Hall–Kier alpha value is -3.92. The van der Waals surface area contributed by atoms with E-state index in [0.717, 1.165) is 54.9 Å². The molecule has 164 valence electrons. The zero-order chi connectivity index (χ0) is 22.6. The Morgan fingerprint density at radius 2 is 1.76 bits per heavy atom. The standard InChI is InChI=1S/C27H25N5O/c28-17-20-8-11-24-23(16-20)25(27(33)31-24)26(21-4-2-1-3-5-21)30-22-9-6-19(7-10-22)18-32-14-12-29-13-15-32/h1-11,16,29,31,33H,12-15,18H2. The summed E-state index contributed by atoms with van der Waals surface area (Å²) < 4.78 is 0. The van der Waals surface area contributed by atoms with Gasteiger partial charge in [0.15, 0.2) is 5.88 Å². The van der Waals surface area contributed by atoms with Crippen molar-refractivity contribution in [1.29, 1.82) is 5.26 Å². The Kier molecular flexibility index (Phi) is 5.90. The number of piperazine rings is 1. The van der Waals surface area contributed by atoms with Crippen molar-refractivity contribution in [2.45, 2.75) is 6.54 Å². The van der Waals surface area contributed by atoms with E-state index in [9.17, 15) is 10.4 Å². The van der Waals surface area contributed by atoms with Gasteiger partial charge >= 0.3 is 0 Å². The first-order chi connectivity index (χ1) is 16.2. The van der Waals surface area contributed by atoms with Crippen molar-refractivity contribution in [1.82, 2.24) is 15.2 Å². The summed E-state index contributed by atoms with van der Waals surface area (Å²) in [6, 6.07) is 25.6. The minimum atomic E-state index is 0.0398. The average Bonchev–Trinajstić information content (AvgIpc) is 3.19. The smallest absolute Gasteiger partial charge is 0.199 e. The minimum Gasteiger partial charge on any atom is -0.494 e. The van der Waals surface area contributed by atoms with Crippen LogP contribution in [0.3, 0.4) is 0 Å². The molecule has 0 atom stereocenters. The third-order valence-electron chi connectivity index (χ3n) is 5.98. The fourth-order valence-electron chi connectivity index (χ4n) is 4.28. The zero-order valence-electron chi connectivity index (χ0n) is 18.3. The Morgan fingerprint density at radius 1 is 1.00 bits per heavy atom. The maximum absolute atomic E-state index is 10.8. The van der Waals surface area contributed by atoms with Crippen molar-refractivity contribution >= 4 is 22.3 Å². The van der Waals surface area contributed by atoms with Crippen molar-refractivity contribution in [2.75, 3.05) is 26.2 Å². The quantitative estimate of drug-likeness (QED) is 0.408. The van der Waals surface area contributed by atoms with Gasteiger partial charge < -0.3 is 15.4 Å². The predicted octanol–water partition coefficient (Wildman–Crippen LogP) is 4.32. The van der Waals surface area contributed by atoms with Gasteiger partial charge in [0.05, 0.1) is 28.6 Å². The molecule has 0 unspecified atom stereocenters. The second-order valence-corrected chi connectivity index (χ2v) is 8.24. The Balaban J connectivity index is 1.55. The van der Waals surface area contributed by atoms with E-state index in [-0.39, 0.29) is 5.88 Å². The first-order valence-corrected chi connectivity index (χ1v) is 11.1. The van der Waals surface area contributed by atoms with Crippen molar-refractivity contribution in [3.8, 4) is 11.9 Å². The van der Waals surface area contributed by atoms with Gasteiger partial charge in [-0.1, -0.05) is 42.5 Å². The van der Waals surface area contributed by atoms with E-state index in [0.29, 0.717) is 16.8 Å². The molecule has 1 fully saturated rings. The third-order valence-corrected chi connectivity index (χ3v) is 5.98.